The largest absolute Gasteiger partial charge is 0.354 e. The average Bonchev–Trinajstić information content (AvgIpc) is 2.43. The van der Waals surface area contributed by atoms with Crippen molar-refractivity contribution in [3.05, 3.63) is 0 Å². The SMILES string of the molecule is CCC(C#N)(CC)C(=O)NCC1(C)CCN(C)CC1. The quantitative estimate of drug-likeness (QED) is 0.829. The van der Waals surface area contributed by atoms with Crippen LogP contribution in [0.1, 0.15) is 46.5 Å². The molecule has 108 valence electrons. The summed E-state index contributed by atoms with van der Waals surface area (Å²) in [5.74, 6) is -0.0971. The van der Waals surface area contributed by atoms with Crippen LogP contribution in [-0.2, 0) is 4.79 Å². The van der Waals surface area contributed by atoms with Gasteiger partial charge in [0.05, 0.1) is 6.07 Å². The molecule has 19 heavy (non-hydrogen) atoms. The molecule has 1 saturated heterocycles. The number of hydrogen-bond donors (Lipinski definition) is 1. The highest BCUT2D eigenvalue weighted by Crippen LogP contribution is 2.31. The fourth-order valence-corrected chi connectivity index (χ4v) is 2.58. The summed E-state index contributed by atoms with van der Waals surface area (Å²) in [4.78, 5) is 14.6. The summed E-state index contributed by atoms with van der Waals surface area (Å²) in [6.45, 7) is 8.89. The number of piperidine rings is 1. The van der Waals surface area contributed by atoms with Crippen molar-refractivity contribution in [3.63, 3.8) is 0 Å². The molecule has 4 heteroatoms. The molecule has 0 unspecified atom stereocenters. The van der Waals surface area contributed by atoms with Gasteiger partial charge in [0.15, 0.2) is 0 Å². The second-order valence-electron chi connectivity index (χ2n) is 6.20. The van der Waals surface area contributed by atoms with E-state index >= 15 is 0 Å². The molecule has 0 aromatic rings. The highest BCUT2D eigenvalue weighted by Gasteiger charge is 2.37. The smallest absolute Gasteiger partial charge is 0.240 e. The van der Waals surface area contributed by atoms with Crippen LogP contribution in [0.25, 0.3) is 0 Å². The van der Waals surface area contributed by atoms with Gasteiger partial charge in [-0.05, 0) is 51.2 Å². The normalized spacial score (nSPS) is 19.7. The van der Waals surface area contributed by atoms with E-state index in [4.69, 9.17) is 0 Å². The monoisotopic (exact) mass is 265 g/mol. The van der Waals surface area contributed by atoms with E-state index in [0.29, 0.717) is 19.4 Å². The van der Waals surface area contributed by atoms with Crippen LogP contribution in [0, 0.1) is 22.2 Å². The van der Waals surface area contributed by atoms with E-state index in [1.54, 1.807) is 0 Å². The Hall–Kier alpha value is -1.08. The van der Waals surface area contributed by atoms with Crippen LogP contribution in [0.5, 0.6) is 0 Å². The first-order valence-electron chi connectivity index (χ1n) is 7.29. The highest BCUT2D eigenvalue weighted by molar-refractivity contribution is 5.85. The molecule has 1 fully saturated rings. The Kier molecular flexibility index (Phi) is 5.37. The second kappa shape index (κ2) is 6.38. The number of carbonyl (C=O) groups excluding carboxylic acids is 1. The Balaban J connectivity index is 2.57. The number of hydrogen-bond acceptors (Lipinski definition) is 3. The van der Waals surface area contributed by atoms with Crippen molar-refractivity contribution in [1.29, 1.82) is 5.26 Å². The van der Waals surface area contributed by atoms with Crippen molar-refractivity contribution < 1.29 is 4.79 Å². The minimum absolute atomic E-state index is 0.0971. The van der Waals surface area contributed by atoms with Gasteiger partial charge in [-0.15, -0.1) is 0 Å². The number of nitrogens with one attached hydrogen (secondary N) is 1. The topological polar surface area (TPSA) is 56.1 Å². The lowest BCUT2D eigenvalue weighted by Gasteiger charge is -2.38. The summed E-state index contributed by atoms with van der Waals surface area (Å²) in [7, 11) is 2.13. The molecule has 1 N–H and O–H groups in total. The van der Waals surface area contributed by atoms with E-state index in [1.165, 1.54) is 0 Å². The van der Waals surface area contributed by atoms with Crippen LogP contribution in [0.3, 0.4) is 0 Å². The molecule has 0 aromatic carbocycles. The predicted octanol–water partition coefficient (Wildman–Crippen LogP) is 2.16. The van der Waals surface area contributed by atoms with E-state index in [2.05, 4.69) is 30.3 Å². The summed E-state index contributed by atoms with van der Waals surface area (Å²) in [6.07, 6.45) is 3.35. The maximum absolute atomic E-state index is 12.3. The minimum Gasteiger partial charge on any atom is -0.354 e. The summed E-state index contributed by atoms with van der Waals surface area (Å²) < 4.78 is 0. The summed E-state index contributed by atoms with van der Waals surface area (Å²) >= 11 is 0. The maximum Gasteiger partial charge on any atom is 0.240 e. The molecule has 1 amide bonds. The molecule has 1 rings (SSSR count). The van der Waals surface area contributed by atoms with Gasteiger partial charge in [-0.1, -0.05) is 20.8 Å². The van der Waals surface area contributed by atoms with E-state index in [1.807, 2.05) is 13.8 Å². The lowest BCUT2D eigenvalue weighted by Crippen LogP contribution is -2.47. The summed E-state index contributed by atoms with van der Waals surface area (Å²) in [6, 6.07) is 2.20. The van der Waals surface area contributed by atoms with Gasteiger partial charge in [-0.25, -0.2) is 0 Å². The Labute approximate surface area is 117 Å². The zero-order valence-corrected chi connectivity index (χ0v) is 12.8. The van der Waals surface area contributed by atoms with Gasteiger partial charge in [0.2, 0.25) is 5.91 Å². The van der Waals surface area contributed by atoms with Crippen LogP contribution >= 0.6 is 0 Å². The predicted molar refractivity (Wildman–Crippen MR) is 76.5 cm³/mol. The zero-order valence-electron chi connectivity index (χ0n) is 12.8. The minimum atomic E-state index is -0.845. The van der Waals surface area contributed by atoms with Crippen LogP contribution in [-0.4, -0.2) is 37.5 Å². The van der Waals surface area contributed by atoms with Gasteiger partial charge in [0, 0.05) is 6.54 Å². The molecular weight excluding hydrogens is 238 g/mol. The molecule has 0 saturated carbocycles. The summed E-state index contributed by atoms with van der Waals surface area (Å²) in [5, 5.41) is 12.3. The van der Waals surface area contributed by atoms with E-state index in [-0.39, 0.29) is 11.3 Å². The first-order chi connectivity index (χ1) is 8.91. The highest BCUT2D eigenvalue weighted by atomic mass is 16.2. The molecule has 1 heterocycles. The van der Waals surface area contributed by atoms with E-state index < -0.39 is 5.41 Å². The lowest BCUT2D eigenvalue weighted by atomic mass is 9.79. The van der Waals surface area contributed by atoms with E-state index in [0.717, 1.165) is 25.9 Å². The van der Waals surface area contributed by atoms with Crippen molar-refractivity contribution in [2.24, 2.45) is 10.8 Å². The number of rotatable bonds is 5. The van der Waals surface area contributed by atoms with Gasteiger partial charge < -0.3 is 10.2 Å². The molecule has 4 nitrogen and oxygen atoms in total. The summed E-state index contributed by atoms with van der Waals surface area (Å²) in [5.41, 5.74) is -0.674. The standard InChI is InChI=1S/C15H27N3O/c1-5-15(6-2,11-16)13(19)17-12-14(3)7-9-18(4)10-8-14/h5-10,12H2,1-4H3,(H,17,19). The van der Waals surface area contributed by atoms with Crippen LogP contribution in [0.2, 0.25) is 0 Å². The van der Waals surface area contributed by atoms with Crippen LogP contribution < -0.4 is 5.32 Å². The number of likely N-dealkylation sites (tertiary alicyclic amines) is 1. The van der Waals surface area contributed by atoms with Crippen molar-refractivity contribution >= 4 is 5.91 Å². The maximum atomic E-state index is 12.3. The molecular formula is C15H27N3O. The molecule has 1 aliphatic rings. The number of amides is 1. The Morgan fingerprint density at radius 3 is 2.32 bits per heavy atom. The third-order valence-electron chi connectivity index (χ3n) is 4.73. The van der Waals surface area contributed by atoms with Crippen LogP contribution in [0.4, 0.5) is 0 Å². The molecule has 0 bridgehead atoms. The Bertz CT molecular complexity index is 347. The Morgan fingerprint density at radius 1 is 1.37 bits per heavy atom. The first-order valence-corrected chi connectivity index (χ1v) is 7.29. The fourth-order valence-electron chi connectivity index (χ4n) is 2.58. The zero-order chi connectivity index (χ0) is 14.5. The molecule has 1 aliphatic heterocycles. The van der Waals surface area contributed by atoms with Crippen molar-refractivity contribution in [2.45, 2.75) is 46.5 Å². The van der Waals surface area contributed by atoms with Gasteiger partial charge >= 0.3 is 0 Å². The van der Waals surface area contributed by atoms with Crippen molar-refractivity contribution in [3.8, 4) is 6.07 Å². The van der Waals surface area contributed by atoms with Gasteiger partial charge in [0.25, 0.3) is 0 Å². The van der Waals surface area contributed by atoms with Crippen molar-refractivity contribution in [2.75, 3.05) is 26.7 Å². The molecule has 0 spiro atoms. The van der Waals surface area contributed by atoms with Crippen LogP contribution in [0.15, 0.2) is 0 Å². The van der Waals surface area contributed by atoms with E-state index in [9.17, 15) is 10.1 Å². The van der Waals surface area contributed by atoms with Gasteiger partial charge in [0.1, 0.15) is 5.41 Å². The fraction of sp³-hybridized carbons (Fsp3) is 0.867. The van der Waals surface area contributed by atoms with Crippen molar-refractivity contribution in [1.82, 2.24) is 10.2 Å². The third kappa shape index (κ3) is 3.70. The third-order valence-corrected chi connectivity index (χ3v) is 4.73. The number of carbonyl (C=O) groups is 1. The van der Waals surface area contributed by atoms with Gasteiger partial charge in [-0.3, -0.25) is 4.79 Å². The molecule has 0 aliphatic carbocycles. The average molecular weight is 265 g/mol. The molecule has 0 atom stereocenters. The molecule has 0 radical (unpaired) electrons. The Morgan fingerprint density at radius 2 is 1.89 bits per heavy atom. The number of nitriles is 1. The van der Waals surface area contributed by atoms with Gasteiger partial charge in [-0.2, -0.15) is 5.26 Å². The first kappa shape index (κ1) is 16.0. The lowest BCUT2D eigenvalue weighted by molar-refractivity contribution is -0.129. The number of nitrogens with zero attached hydrogens (tertiary/aromatic N) is 2. The molecule has 0 aromatic heterocycles. The second-order valence-corrected chi connectivity index (χ2v) is 6.20.